The van der Waals surface area contributed by atoms with Crippen LogP contribution in [-0.2, 0) is 4.74 Å². The van der Waals surface area contributed by atoms with E-state index >= 15 is 0 Å². The first-order valence-electron chi connectivity index (χ1n) is 6.37. The van der Waals surface area contributed by atoms with Crippen molar-refractivity contribution in [2.24, 2.45) is 0 Å². The van der Waals surface area contributed by atoms with Crippen LogP contribution in [0.5, 0.6) is 0 Å². The van der Waals surface area contributed by atoms with Gasteiger partial charge in [-0.2, -0.15) is 4.39 Å². The normalized spacial score (nSPS) is 11.5. The van der Waals surface area contributed by atoms with Crippen molar-refractivity contribution in [3.63, 3.8) is 0 Å². The summed E-state index contributed by atoms with van der Waals surface area (Å²) in [5.41, 5.74) is -1.72. The molecule has 0 bridgehead atoms. The lowest BCUT2D eigenvalue weighted by atomic mass is 10.1. The molecule has 0 heterocycles. The molecule has 0 saturated carbocycles. The number of nitro benzene ring substituents is 1. The summed E-state index contributed by atoms with van der Waals surface area (Å²) < 4.78 is 31.9. The first kappa shape index (κ1) is 17.5. The van der Waals surface area contributed by atoms with Gasteiger partial charge in [0.25, 0.3) is 0 Å². The standard InChI is InChI=1S/C14H16F2N2O4/c1-14(2,3)22-13(19)17-6-4-5-9-7-11(16)12(18(20)21)8-10(9)15/h4-5,7-8H,6H2,1-3H3,(H,17,19). The number of amides is 1. The largest absolute Gasteiger partial charge is 0.444 e. The molecule has 1 aromatic carbocycles. The number of benzene rings is 1. The van der Waals surface area contributed by atoms with E-state index in [1.54, 1.807) is 20.8 Å². The molecule has 0 aromatic heterocycles. The Morgan fingerprint density at radius 2 is 2.00 bits per heavy atom. The van der Waals surface area contributed by atoms with Crippen molar-refractivity contribution >= 4 is 17.9 Å². The van der Waals surface area contributed by atoms with E-state index in [2.05, 4.69) is 5.32 Å². The molecule has 0 spiro atoms. The van der Waals surface area contributed by atoms with Crippen molar-refractivity contribution in [1.82, 2.24) is 5.32 Å². The van der Waals surface area contributed by atoms with Gasteiger partial charge in [-0.05, 0) is 26.8 Å². The quantitative estimate of drug-likeness (QED) is 0.682. The average molecular weight is 314 g/mol. The predicted molar refractivity (Wildman–Crippen MR) is 76.3 cm³/mol. The third-order valence-corrected chi connectivity index (χ3v) is 2.32. The van der Waals surface area contributed by atoms with Crippen molar-refractivity contribution in [2.75, 3.05) is 6.54 Å². The molecule has 0 aliphatic rings. The van der Waals surface area contributed by atoms with Crippen LogP contribution in [0.1, 0.15) is 26.3 Å². The first-order chi connectivity index (χ1) is 10.1. The second-order valence-corrected chi connectivity index (χ2v) is 5.37. The summed E-state index contributed by atoms with van der Waals surface area (Å²) in [7, 11) is 0. The highest BCUT2D eigenvalue weighted by molar-refractivity contribution is 5.68. The maximum Gasteiger partial charge on any atom is 0.407 e. The van der Waals surface area contributed by atoms with E-state index in [0.717, 1.165) is 6.07 Å². The van der Waals surface area contributed by atoms with E-state index in [0.29, 0.717) is 6.07 Å². The molecule has 120 valence electrons. The molecule has 1 N–H and O–H groups in total. The molecule has 22 heavy (non-hydrogen) atoms. The van der Waals surface area contributed by atoms with Crippen LogP contribution in [0.3, 0.4) is 0 Å². The number of nitrogens with one attached hydrogen (secondary N) is 1. The van der Waals surface area contributed by atoms with Crippen LogP contribution in [0, 0.1) is 21.7 Å². The van der Waals surface area contributed by atoms with Crippen LogP contribution in [0.2, 0.25) is 0 Å². The van der Waals surface area contributed by atoms with Crippen LogP contribution >= 0.6 is 0 Å². The van der Waals surface area contributed by atoms with Gasteiger partial charge in [-0.25, -0.2) is 9.18 Å². The fourth-order valence-corrected chi connectivity index (χ4v) is 1.46. The summed E-state index contributed by atoms with van der Waals surface area (Å²) in [4.78, 5) is 20.8. The molecule has 1 rings (SSSR count). The molecular formula is C14H16F2N2O4. The minimum Gasteiger partial charge on any atom is -0.444 e. The number of hydrogen-bond acceptors (Lipinski definition) is 4. The molecule has 0 unspecified atom stereocenters. The van der Waals surface area contributed by atoms with E-state index in [9.17, 15) is 23.7 Å². The number of carbonyl (C=O) groups excluding carboxylic acids is 1. The van der Waals surface area contributed by atoms with Gasteiger partial charge in [0.15, 0.2) is 0 Å². The highest BCUT2D eigenvalue weighted by Crippen LogP contribution is 2.22. The number of alkyl carbamates (subject to hydrolysis) is 1. The lowest BCUT2D eigenvalue weighted by Gasteiger charge is -2.19. The zero-order valence-corrected chi connectivity index (χ0v) is 12.4. The van der Waals surface area contributed by atoms with Gasteiger partial charge in [0.2, 0.25) is 5.82 Å². The molecule has 0 fully saturated rings. The maximum atomic E-state index is 13.6. The number of nitrogens with zero attached hydrogens (tertiary/aromatic N) is 1. The molecule has 1 aromatic rings. The Morgan fingerprint density at radius 3 is 2.55 bits per heavy atom. The van der Waals surface area contributed by atoms with Gasteiger partial charge in [0, 0.05) is 12.1 Å². The van der Waals surface area contributed by atoms with E-state index in [4.69, 9.17) is 4.74 Å². The number of nitro groups is 1. The topological polar surface area (TPSA) is 81.5 Å². The molecular weight excluding hydrogens is 298 g/mol. The van der Waals surface area contributed by atoms with Crippen LogP contribution in [0.15, 0.2) is 18.2 Å². The Bertz CT molecular complexity index is 610. The van der Waals surface area contributed by atoms with Gasteiger partial charge in [-0.1, -0.05) is 12.2 Å². The minimum atomic E-state index is -1.13. The van der Waals surface area contributed by atoms with E-state index in [1.807, 2.05) is 0 Å². The Morgan fingerprint density at radius 1 is 1.36 bits per heavy atom. The third-order valence-electron chi connectivity index (χ3n) is 2.32. The number of halogens is 2. The maximum absolute atomic E-state index is 13.6. The van der Waals surface area contributed by atoms with Crippen molar-refractivity contribution in [3.05, 3.63) is 45.5 Å². The summed E-state index contributed by atoms with van der Waals surface area (Å²) in [5, 5.41) is 12.9. The molecule has 8 heteroatoms. The van der Waals surface area contributed by atoms with Gasteiger partial charge >= 0.3 is 11.8 Å². The minimum absolute atomic E-state index is 0.0347. The van der Waals surface area contributed by atoms with E-state index in [1.165, 1.54) is 12.2 Å². The zero-order chi connectivity index (χ0) is 16.9. The molecule has 1 amide bonds. The molecule has 0 saturated heterocycles. The summed E-state index contributed by atoms with van der Waals surface area (Å²) in [6, 6.07) is 1.23. The lowest BCUT2D eigenvalue weighted by molar-refractivity contribution is -0.387. The monoisotopic (exact) mass is 314 g/mol. The Labute approximate surface area is 125 Å². The SMILES string of the molecule is CC(C)(C)OC(=O)NCC=Cc1cc(F)c([N+](=O)[O-])cc1F. The summed E-state index contributed by atoms with van der Waals surface area (Å²) in [5.74, 6) is -2.06. The van der Waals surface area contributed by atoms with Gasteiger partial charge < -0.3 is 10.1 Å². The van der Waals surface area contributed by atoms with Crippen molar-refractivity contribution in [2.45, 2.75) is 26.4 Å². The molecule has 6 nitrogen and oxygen atoms in total. The summed E-state index contributed by atoms with van der Waals surface area (Å²) in [6.07, 6.45) is 1.93. The van der Waals surface area contributed by atoms with Gasteiger partial charge in [-0.15, -0.1) is 0 Å². The van der Waals surface area contributed by atoms with E-state index in [-0.39, 0.29) is 12.1 Å². The molecule has 0 aliphatic heterocycles. The Kier molecular flexibility index (Phi) is 5.56. The highest BCUT2D eigenvalue weighted by Gasteiger charge is 2.17. The van der Waals surface area contributed by atoms with Crippen LogP contribution < -0.4 is 5.32 Å². The molecule has 0 radical (unpaired) electrons. The average Bonchev–Trinajstić information content (AvgIpc) is 2.35. The number of hydrogen-bond donors (Lipinski definition) is 1. The summed E-state index contributed by atoms with van der Waals surface area (Å²) in [6.45, 7) is 5.15. The number of rotatable bonds is 4. The number of ether oxygens (including phenoxy) is 1. The predicted octanol–water partition coefficient (Wildman–Crippen LogP) is 3.41. The van der Waals surface area contributed by atoms with Gasteiger partial charge in [-0.3, -0.25) is 10.1 Å². The second kappa shape index (κ2) is 6.97. The Balaban J connectivity index is 2.66. The smallest absolute Gasteiger partial charge is 0.407 e. The zero-order valence-electron chi connectivity index (χ0n) is 12.4. The van der Waals surface area contributed by atoms with Gasteiger partial charge in [0.1, 0.15) is 11.4 Å². The third kappa shape index (κ3) is 5.47. The molecule has 0 aliphatic carbocycles. The number of carbonyl (C=O) groups is 1. The fourth-order valence-electron chi connectivity index (χ4n) is 1.46. The molecule has 0 atom stereocenters. The summed E-state index contributed by atoms with van der Waals surface area (Å²) >= 11 is 0. The first-order valence-corrected chi connectivity index (χ1v) is 6.37. The Hall–Kier alpha value is -2.51. The van der Waals surface area contributed by atoms with Crippen LogP contribution in [0.4, 0.5) is 19.3 Å². The van der Waals surface area contributed by atoms with Crippen LogP contribution in [0.25, 0.3) is 6.08 Å². The van der Waals surface area contributed by atoms with Crippen molar-refractivity contribution in [1.29, 1.82) is 0 Å². The second-order valence-electron chi connectivity index (χ2n) is 5.37. The van der Waals surface area contributed by atoms with Crippen molar-refractivity contribution < 1.29 is 23.2 Å². The highest BCUT2D eigenvalue weighted by atomic mass is 19.1. The van der Waals surface area contributed by atoms with E-state index < -0.39 is 33.9 Å². The lowest BCUT2D eigenvalue weighted by Crippen LogP contribution is -2.32. The van der Waals surface area contributed by atoms with Crippen LogP contribution in [-0.4, -0.2) is 23.2 Å². The van der Waals surface area contributed by atoms with Gasteiger partial charge in [0.05, 0.1) is 11.0 Å². The fraction of sp³-hybridized carbons (Fsp3) is 0.357. The van der Waals surface area contributed by atoms with Crippen molar-refractivity contribution in [3.8, 4) is 0 Å².